The monoisotopic (exact) mass is 222 g/mol. The highest BCUT2D eigenvalue weighted by molar-refractivity contribution is 6.36. The highest BCUT2D eigenvalue weighted by atomic mass is 35.5. The van der Waals surface area contributed by atoms with E-state index in [9.17, 15) is 0 Å². The molecule has 0 amide bonds. The third-order valence-corrected chi connectivity index (χ3v) is 2.44. The minimum atomic E-state index is 0.535. The number of benzene rings is 1. The number of halogens is 2. The van der Waals surface area contributed by atoms with Crippen LogP contribution >= 0.6 is 23.2 Å². The van der Waals surface area contributed by atoms with Crippen LogP contribution in [-0.2, 0) is 0 Å². The van der Waals surface area contributed by atoms with Crippen molar-refractivity contribution in [2.24, 2.45) is 0 Å². The third-order valence-electron chi connectivity index (χ3n) is 1.82. The summed E-state index contributed by atoms with van der Waals surface area (Å²) in [5.74, 6) is 0. The quantitative estimate of drug-likeness (QED) is 0.715. The van der Waals surface area contributed by atoms with E-state index in [4.69, 9.17) is 23.2 Å². The second kappa shape index (κ2) is 3.99. The standard InChI is InChI=1S/C11H6Cl2N/c12-9-5-2-1-4-8(9)11-10(13)6-3-7-14-11/h1-4,6-7H. The van der Waals surface area contributed by atoms with Crippen molar-refractivity contribution in [1.29, 1.82) is 0 Å². The van der Waals surface area contributed by atoms with Gasteiger partial charge in [0.25, 0.3) is 0 Å². The van der Waals surface area contributed by atoms with E-state index in [1.807, 2.05) is 12.1 Å². The van der Waals surface area contributed by atoms with E-state index < -0.39 is 0 Å². The highest BCUT2D eigenvalue weighted by Gasteiger charge is 2.07. The smallest absolute Gasteiger partial charge is 0.0903 e. The van der Waals surface area contributed by atoms with Crippen molar-refractivity contribution in [3.8, 4) is 11.3 Å². The Labute approximate surface area is 92.3 Å². The number of hydrogen-bond acceptors (Lipinski definition) is 1. The van der Waals surface area contributed by atoms with Crippen LogP contribution in [0.3, 0.4) is 0 Å². The average molecular weight is 223 g/mol. The van der Waals surface area contributed by atoms with Crippen molar-refractivity contribution >= 4 is 23.2 Å². The van der Waals surface area contributed by atoms with Gasteiger partial charge in [-0.2, -0.15) is 0 Å². The summed E-state index contributed by atoms with van der Waals surface area (Å²) in [6.45, 7) is 0. The van der Waals surface area contributed by atoms with Gasteiger partial charge >= 0.3 is 0 Å². The molecule has 0 fully saturated rings. The van der Waals surface area contributed by atoms with E-state index in [2.05, 4.69) is 11.1 Å². The molecule has 1 aromatic carbocycles. The van der Waals surface area contributed by atoms with E-state index >= 15 is 0 Å². The number of pyridine rings is 1. The summed E-state index contributed by atoms with van der Waals surface area (Å²) in [6, 6.07) is 11.9. The SMILES string of the molecule is Clc1[c]cccc1-c1ncccc1Cl. The molecule has 0 saturated carbocycles. The second-order valence-electron chi connectivity index (χ2n) is 2.73. The lowest BCUT2D eigenvalue weighted by Crippen LogP contribution is -1.84. The summed E-state index contributed by atoms with van der Waals surface area (Å²) in [5, 5.41) is 1.13. The molecule has 1 nitrogen and oxygen atoms in total. The number of nitrogens with zero attached hydrogens (tertiary/aromatic N) is 1. The van der Waals surface area contributed by atoms with Crippen LogP contribution in [0.5, 0.6) is 0 Å². The molecule has 0 atom stereocenters. The van der Waals surface area contributed by atoms with Crippen molar-refractivity contribution in [2.45, 2.75) is 0 Å². The molecule has 0 aliphatic rings. The first-order valence-electron chi connectivity index (χ1n) is 4.06. The number of hydrogen-bond donors (Lipinski definition) is 0. The first kappa shape index (κ1) is 9.50. The predicted molar refractivity (Wildman–Crippen MR) is 58.5 cm³/mol. The topological polar surface area (TPSA) is 12.9 Å². The zero-order chi connectivity index (χ0) is 9.97. The van der Waals surface area contributed by atoms with Gasteiger partial charge in [-0.3, -0.25) is 4.98 Å². The number of aromatic nitrogens is 1. The van der Waals surface area contributed by atoms with Crippen LogP contribution < -0.4 is 0 Å². The zero-order valence-electron chi connectivity index (χ0n) is 7.17. The minimum Gasteiger partial charge on any atom is -0.255 e. The van der Waals surface area contributed by atoms with E-state index in [-0.39, 0.29) is 0 Å². The zero-order valence-corrected chi connectivity index (χ0v) is 8.68. The maximum absolute atomic E-state index is 6.00. The van der Waals surface area contributed by atoms with Gasteiger partial charge in [0, 0.05) is 17.8 Å². The first-order valence-corrected chi connectivity index (χ1v) is 4.82. The van der Waals surface area contributed by atoms with Gasteiger partial charge in [0.2, 0.25) is 0 Å². The Hall–Kier alpha value is -1.05. The third kappa shape index (κ3) is 1.74. The number of rotatable bonds is 1. The molecule has 2 aromatic rings. The van der Waals surface area contributed by atoms with Crippen LogP contribution in [0.4, 0.5) is 0 Å². The molecular formula is C11H6Cl2N. The molecule has 0 aliphatic carbocycles. The van der Waals surface area contributed by atoms with Gasteiger partial charge in [0.1, 0.15) is 0 Å². The van der Waals surface area contributed by atoms with E-state index in [0.717, 1.165) is 5.56 Å². The molecule has 1 radical (unpaired) electrons. The Morgan fingerprint density at radius 2 is 2.00 bits per heavy atom. The Morgan fingerprint density at radius 3 is 2.71 bits per heavy atom. The van der Waals surface area contributed by atoms with Crippen molar-refractivity contribution in [1.82, 2.24) is 4.98 Å². The van der Waals surface area contributed by atoms with Crippen molar-refractivity contribution in [2.75, 3.05) is 0 Å². The van der Waals surface area contributed by atoms with Crippen molar-refractivity contribution in [3.63, 3.8) is 0 Å². The maximum Gasteiger partial charge on any atom is 0.0903 e. The van der Waals surface area contributed by atoms with Gasteiger partial charge < -0.3 is 0 Å². The Morgan fingerprint density at radius 1 is 1.14 bits per heavy atom. The van der Waals surface area contributed by atoms with Crippen molar-refractivity contribution < 1.29 is 0 Å². The Kier molecular flexibility index (Phi) is 2.71. The molecular weight excluding hydrogens is 217 g/mol. The molecule has 0 spiro atoms. The molecule has 69 valence electrons. The molecule has 1 aromatic heterocycles. The van der Waals surface area contributed by atoms with Gasteiger partial charge in [0.15, 0.2) is 0 Å². The van der Waals surface area contributed by atoms with Gasteiger partial charge in [-0.1, -0.05) is 41.4 Å². The van der Waals surface area contributed by atoms with Gasteiger partial charge in [-0.05, 0) is 12.1 Å². The van der Waals surface area contributed by atoms with Gasteiger partial charge in [-0.15, -0.1) is 0 Å². The van der Waals surface area contributed by atoms with E-state index in [1.54, 1.807) is 24.4 Å². The lowest BCUT2D eigenvalue weighted by atomic mass is 10.1. The maximum atomic E-state index is 6.00. The molecule has 14 heavy (non-hydrogen) atoms. The van der Waals surface area contributed by atoms with E-state index in [0.29, 0.717) is 15.7 Å². The summed E-state index contributed by atoms with van der Waals surface area (Å²) in [5.41, 5.74) is 1.50. The molecule has 0 unspecified atom stereocenters. The summed E-state index contributed by atoms with van der Waals surface area (Å²) in [4.78, 5) is 4.17. The largest absolute Gasteiger partial charge is 0.255 e. The Balaban J connectivity index is 2.61. The van der Waals surface area contributed by atoms with Crippen molar-refractivity contribution in [3.05, 3.63) is 52.6 Å². The highest BCUT2D eigenvalue weighted by Crippen LogP contribution is 2.30. The minimum absolute atomic E-state index is 0.535. The lowest BCUT2D eigenvalue weighted by Gasteiger charge is -2.03. The summed E-state index contributed by atoms with van der Waals surface area (Å²) in [6.07, 6.45) is 1.69. The normalized spacial score (nSPS) is 10.1. The predicted octanol–water partition coefficient (Wildman–Crippen LogP) is 3.86. The van der Waals surface area contributed by atoms with Gasteiger partial charge in [-0.25, -0.2) is 0 Å². The molecule has 1 heterocycles. The molecule has 0 saturated heterocycles. The van der Waals surface area contributed by atoms with Gasteiger partial charge in [0.05, 0.1) is 15.7 Å². The van der Waals surface area contributed by atoms with Crippen LogP contribution in [0.2, 0.25) is 10.0 Å². The van der Waals surface area contributed by atoms with Crippen LogP contribution in [-0.4, -0.2) is 4.98 Å². The fraction of sp³-hybridized carbons (Fsp3) is 0. The first-order chi connectivity index (χ1) is 6.79. The summed E-state index contributed by atoms with van der Waals surface area (Å²) in [7, 11) is 0. The summed E-state index contributed by atoms with van der Waals surface area (Å²) >= 11 is 12.0. The molecule has 2 rings (SSSR count). The second-order valence-corrected chi connectivity index (χ2v) is 3.52. The lowest BCUT2D eigenvalue weighted by molar-refractivity contribution is 1.33. The molecule has 0 aliphatic heterocycles. The van der Waals surface area contributed by atoms with Crippen LogP contribution in [0, 0.1) is 6.07 Å². The average Bonchev–Trinajstić information content (AvgIpc) is 2.20. The molecule has 3 heteroatoms. The fourth-order valence-electron chi connectivity index (χ4n) is 1.18. The van der Waals surface area contributed by atoms with Crippen LogP contribution in [0.25, 0.3) is 11.3 Å². The fourth-order valence-corrected chi connectivity index (χ4v) is 1.62. The molecule has 0 N–H and O–H groups in total. The Bertz CT molecular complexity index is 411. The molecule has 0 bridgehead atoms. The van der Waals surface area contributed by atoms with E-state index in [1.165, 1.54) is 0 Å². The van der Waals surface area contributed by atoms with Crippen LogP contribution in [0.15, 0.2) is 36.5 Å². The van der Waals surface area contributed by atoms with Crippen LogP contribution in [0.1, 0.15) is 0 Å². The summed E-state index contributed by atoms with van der Waals surface area (Å²) < 4.78 is 0.